The number of hydrogen-bond donors (Lipinski definition) is 0. The number of hydrogen-bond acceptors (Lipinski definition) is 5. The summed E-state index contributed by atoms with van der Waals surface area (Å²) in [5.74, 6) is -0.400. The average Bonchev–Trinajstić information content (AvgIpc) is 2.63. The lowest BCUT2D eigenvalue weighted by atomic mass is 9.98. The molecule has 0 spiro atoms. The minimum Gasteiger partial charge on any atom is -0.387 e. The van der Waals surface area contributed by atoms with E-state index in [0.717, 1.165) is 12.8 Å². The van der Waals surface area contributed by atoms with Gasteiger partial charge in [0.1, 0.15) is 6.21 Å². The zero-order valence-electron chi connectivity index (χ0n) is 7.69. The Hall–Kier alpha value is -1.52. The summed E-state index contributed by atoms with van der Waals surface area (Å²) in [7, 11) is 0. The van der Waals surface area contributed by atoms with Gasteiger partial charge in [-0.25, -0.2) is 0 Å². The van der Waals surface area contributed by atoms with E-state index in [1.54, 1.807) is 0 Å². The van der Waals surface area contributed by atoms with E-state index in [1.807, 2.05) is 0 Å². The van der Waals surface area contributed by atoms with Crippen LogP contribution >= 0.6 is 0 Å². The minimum atomic E-state index is -0.170. The molecule has 1 fully saturated rings. The van der Waals surface area contributed by atoms with E-state index in [1.165, 1.54) is 6.21 Å². The maximum absolute atomic E-state index is 10.4. The van der Waals surface area contributed by atoms with Gasteiger partial charge in [0, 0.05) is 12.8 Å². The van der Waals surface area contributed by atoms with Gasteiger partial charge >= 0.3 is 0 Å². The molecule has 0 bridgehead atoms. The summed E-state index contributed by atoms with van der Waals surface area (Å²) in [4.78, 5) is 35.1. The Kier molecular flexibility index (Phi) is 3.97. The highest BCUT2D eigenvalue weighted by Crippen LogP contribution is 2.09. The van der Waals surface area contributed by atoms with Crippen LogP contribution in [0.15, 0.2) is 5.16 Å². The maximum Gasteiger partial charge on any atom is 0.217 e. The van der Waals surface area contributed by atoms with Crippen molar-refractivity contribution in [2.45, 2.75) is 25.7 Å². The third-order valence-electron chi connectivity index (χ3n) is 1.85. The van der Waals surface area contributed by atoms with E-state index in [0.29, 0.717) is 12.8 Å². The van der Waals surface area contributed by atoms with Crippen LogP contribution in [0.2, 0.25) is 0 Å². The standard InChI is InChI=1S/C6H8O2.C3H3NO2/c7-5-3-1-2-4-6(5)8;5-3-1-4-6-2-3/h1-4H2;1H,2H2. The number of oxime groups is 1. The van der Waals surface area contributed by atoms with Crippen LogP contribution in [0, 0.1) is 0 Å². The first-order chi connectivity index (χ1) is 6.70. The van der Waals surface area contributed by atoms with Crippen molar-refractivity contribution in [3.05, 3.63) is 0 Å². The van der Waals surface area contributed by atoms with Gasteiger partial charge in [-0.2, -0.15) is 0 Å². The zero-order chi connectivity index (χ0) is 10.4. The third kappa shape index (κ3) is 3.47. The number of ketones is 3. The second-order valence-electron chi connectivity index (χ2n) is 3.03. The molecule has 0 N–H and O–H groups in total. The Bertz CT molecular complexity index is 267. The van der Waals surface area contributed by atoms with Crippen LogP contribution < -0.4 is 0 Å². The maximum atomic E-state index is 10.4. The van der Waals surface area contributed by atoms with Gasteiger partial charge in [0.2, 0.25) is 5.78 Å². The van der Waals surface area contributed by atoms with Crippen LogP contribution in [-0.2, 0) is 19.2 Å². The fraction of sp³-hybridized carbons (Fsp3) is 0.556. The summed E-state index contributed by atoms with van der Waals surface area (Å²) < 4.78 is 0. The van der Waals surface area contributed by atoms with Gasteiger partial charge in [0.05, 0.1) is 0 Å². The third-order valence-corrected chi connectivity index (χ3v) is 1.85. The molecule has 0 amide bonds. The van der Waals surface area contributed by atoms with E-state index < -0.39 is 0 Å². The second kappa shape index (κ2) is 5.26. The van der Waals surface area contributed by atoms with Crippen molar-refractivity contribution in [3.8, 4) is 0 Å². The van der Waals surface area contributed by atoms with Crippen molar-refractivity contribution in [1.29, 1.82) is 0 Å². The summed E-state index contributed by atoms with van der Waals surface area (Å²) in [6.07, 6.45) is 3.95. The fourth-order valence-corrected chi connectivity index (χ4v) is 1.08. The normalized spacial score (nSPS) is 20.1. The summed E-state index contributed by atoms with van der Waals surface area (Å²) in [6, 6.07) is 0. The highest BCUT2D eigenvalue weighted by molar-refractivity contribution is 6.37. The van der Waals surface area contributed by atoms with Crippen LogP contribution in [0.25, 0.3) is 0 Å². The van der Waals surface area contributed by atoms with Crippen LogP contribution in [-0.4, -0.2) is 30.2 Å². The number of carbonyl (C=O) groups is 3. The Morgan fingerprint density at radius 1 is 1.07 bits per heavy atom. The Morgan fingerprint density at radius 2 is 1.64 bits per heavy atom. The van der Waals surface area contributed by atoms with Gasteiger partial charge in [-0.3, -0.25) is 14.4 Å². The summed E-state index contributed by atoms with van der Waals surface area (Å²) in [5.41, 5.74) is 0. The number of Topliss-reactive ketones (excluding diaryl/α,β-unsaturated/α-hetero) is 3. The second-order valence-corrected chi connectivity index (χ2v) is 3.03. The van der Waals surface area contributed by atoms with Crippen LogP contribution in [0.4, 0.5) is 0 Å². The Balaban J connectivity index is 0.000000146. The van der Waals surface area contributed by atoms with Crippen molar-refractivity contribution in [3.63, 3.8) is 0 Å². The van der Waals surface area contributed by atoms with Gasteiger partial charge in [0.25, 0.3) is 0 Å². The van der Waals surface area contributed by atoms with Crippen molar-refractivity contribution in [2.24, 2.45) is 5.16 Å². The molecule has 1 heterocycles. The van der Waals surface area contributed by atoms with Gasteiger partial charge in [0.15, 0.2) is 18.2 Å². The molecule has 0 unspecified atom stereocenters. The molecule has 5 heteroatoms. The molecule has 1 saturated carbocycles. The lowest BCUT2D eigenvalue weighted by Gasteiger charge is -2.04. The monoisotopic (exact) mass is 197 g/mol. The van der Waals surface area contributed by atoms with E-state index in [9.17, 15) is 14.4 Å². The molecular weight excluding hydrogens is 186 g/mol. The molecule has 0 saturated heterocycles. The predicted molar refractivity (Wildman–Crippen MR) is 47.9 cm³/mol. The van der Waals surface area contributed by atoms with Gasteiger partial charge in [-0.1, -0.05) is 5.16 Å². The molecular formula is C9H11NO4. The fourth-order valence-electron chi connectivity index (χ4n) is 1.08. The van der Waals surface area contributed by atoms with Crippen molar-refractivity contribution >= 4 is 23.6 Å². The largest absolute Gasteiger partial charge is 0.387 e. The lowest BCUT2D eigenvalue weighted by Crippen LogP contribution is -2.17. The van der Waals surface area contributed by atoms with E-state index >= 15 is 0 Å². The van der Waals surface area contributed by atoms with Crippen LogP contribution in [0.3, 0.4) is 0 Å². The summed E-state index contributed by atoms with van der Waals surface area (Å²) in [6.45, 7) is 0.125. The van der Waals surface area contributed by atoms with Crippen molar-refractivity contribution < 1.29 is 19.2 Å². The smallest absolute Gasteiger partial charge is 0.217 e. The molecule has 5 nitrogen and oxygen atoms in total. The summed E-state index contributed by atoms with van der Waals surface area (Å²) >= 11 is 0. The Morgan fingerprint density at radius 3 is 1.86 bits per heavy atom. The summed E-state index contributed by atoms with van der Waals surface area (Å²) in [5, 5.41) is 3.19. The molecule has 0 aromatic carbocycles. The zero-order valence-corrected chi connectivity index (χ0v) is 7.69. The molecule has 14 heavy (non-hydrogen) atoms. The minimum absolute atomic E-state index is 0.0602. The number of rotatable bonds is 0. The van der Waals surface area contributed by atoms with Crippen LogP contribution in [0.5, 0.6) is 0 Å². The Labute approximate surface area is 81.1 Å². The first kappa shape index (κ1) is 10.6. The van der Waals surface area contributed by atoms with E-state index in [2.05, 4.69) is 9.99 Å². The predicted octanol–water partition coefficient (Wildman–Crippen LogP) is 0.270. The van der Waals surface area contributed by atoms with E-state index in [4.69, 9.17) is 0 Å². The number of nitrogens with zero attached hydrogens (tertiary/aromatic N) is 1. The van der Waals surface area contributed by atoms with Crippen molar-refractivity contribution in [1.82, 2.24) is 0 Å². The number of carbonyl (C=O) groups excluding carboxylic acids is 3. The molecule has 1 aliphatic carbocycles. The molecule has 0 radical (unpaired) electrons. The van der Waals surface area contributed by atoms with Crippen LogP contribution in [0.1, 0.15) is 25.7 Å². The molecule has 1 aliphatic heterocycles. The van der Waals surface area contributed by atoms with E-state index in [-0.39, 0.29) is 24.0 Å². The molecule has 76 valence electrons. The highest BCUT2D eigenvalue weighted by Gasteiger charge is 2.16. The quantitative estimate of drug-likeness (QED) is 0.522. The van der Waals surface area contributed by atoms with Gasteiger partial charge in [-0.15, -0.1) is 0 Å². The molecule has 0 aromatic heterocycles. The first-order valence-electron chi connectivity index (χ1n) is 4.44. The molecule has 0 atom stereocenters. The molecule has 2 rings (SSSR count). The topological polar surface area (TPSA) is 72.8 Å². The van der Waals surface area contributed by atoms with Crippen molar-refractivity contribution in [2.75, 3.05) is 6.61 Å². The van der Waals surface area contributed by atoms with Gasteiger partial charge < -0.3 is 4.84 Å². The SMILES string of the molecule is O=C1C=NOC1.O=C1CCCCC1=O. The average molecular weight is 197 g/mol. The molecule has 0 aromatic rings. The van der Waals surface area contributed by atoms with Gasteiger partial charge in [-0.05, 0) is 12.8 Å². The highest BCUT2D eigenvalue weighted by atomic mass is 16.6. The first-order valence-corrected chi connectivity index (χ1v) is 4.44. The molecule has 2 aliphatic rings. The lowest BCUT2D eigenvalue weighted by molar-refractivity contribution is -0.137.